The molecular formula is C17H25NO3. The van der Waals surface area contributed by atoms with Gasteiger partial charge in [-0.1, -0.05) is 0 Å². The molecule has 5 fully saturated rings. The van der Waals surface area contributed by atoms with Gasteiger partial charge < -0.3 is 10.0 Å². The highest BCUT2D eigenvalue weighted by Crippen LogP contribution is 2.71. The van der Waals surface area contributed by atoms with E-state index in [0.29, 0.717) is 37.5 Å². The van der Waals surface area contributed by atoms with Crippen molar-refractivity contribution in [3.63, 3.8) is 0 Å². The topological polar surface area (TPSA) is 57.6 Å². The van der Waals surface area contributed by atoms with E-state index in [0.717, 1.165) is 32.2 Å². The number of hydrogen-bond donors (Lipinski definition) is 1. The molecule has 1 saturated heterocycles. The largest absolute Gasteiger partial charge is 0.392 e. The van der Waals surface area contributed by atoms with Crippen LogP contribution in [0.2, 0.25) is 0 Å². The Morgan fingerprint density at radius 3 is 2.81 bits per heavy atom. The second-order valence-corrected chi connectivity index (χ2v) is 8.03. The van der Waals surface area contributed by atoms with E-state index in [2.05, 4.69) is 4.90 Å². The molecule has 5 atom stereocenters. The summed E-state index contributed by atoms with van der Waals surface area (Å²) >= 11 is 0. The van der Waals surface area contributed by atoms with Crippen LogP contribution < -0.4 is 0 Å². The maximum Gasteiger partial charge on any atom is 0.140 e. The Kier molecular flexibility index (Phi) is 2.90. The summed E-state index contributed by atoms with van der Waals surface area (Å²) in [6, 6.07) is 0. The number of likely N-dealkylation sites (N-methyl/N-ethyl adjacent to an activating group) is 1. The van der Waals surface area contributed by atoms with Gasteiger partial charge in [0, 0.05) is 30.2 Å². The number of aliphatic hydroxyl groups excluding tert-OH is 1. The molecule has 4 bridgehead atoms. The van der Waals surface area contributed by atoms with Crippen molar-refractivity contribution in [2.75, 3.05) is 20.1 Å². The van der Waals surface area contributed by atoms with E-state index in [1.165, 1.54) is 0 Å². The highest BCUT2D eigenvalue weighted by Gasteiger charge is 2.73. The van der Waals surface area contributed by atoms with Gasteiger partial charge >= 0.3 is 0 Å². The van der Waals surface area contributed by atoms with E-state index in [4.69, 9.17) is 0 Å². The molecule has 0 aromatic carbocycles. The van der Waals surface area contributed by atoms with E-state index in [9.17, 15) is 14.7 Å². The molecule has 116 valence electrons. The molecule has 4 heteroatoms. The van der Waals surface area contributed by atoms with Crippen LogP contribution in [-0.4, -0.2) is 47.8 Å². The molecule has 1 N–H and O–H groups in total. The Morgan fingerprint density at radius 2 is 2.00 bits per heavy atom. The second-order valence-electron chi connectivity index (χ2n) is 8.03. The lowest BCUT2D eigenvalue weighted by Crippen LogP contribution is -2.59. The number of hydrogen-bond acceptors (Lipinski definition) is 4. The molecule has 5 rings (SSSR count). The Balaban J connectivity index is 1.83. The van der Waals surface area contributed by atoms with Crippen molar-refractivity contribution in [3.05, 3.63) is 0 Å². The molecule has 4 nitrogen and oxygen atoms in total. The lowest BCUT2D eigenvalue weighted by Gasteiger charge is -2.57. The van der Waals surface area contributed by atoms with Crippen LogP contribution in [0.5, 0.6) is 0 Å². The zero-order valence-corrected chi connectivity index (χ0v) is 12.8. The number of ketones is 2. The molecule has 0 radical (unpaired) electrons. The number of carbonyl (C=O) groups excluding carboxylic acids is 2. The van der Waals surface area contributed by atoms with Crippen LogP contribution in [0.1, 0.15) is 44.9 Å². The number of β-amino-alcohol motifs (C(OH)–C–C–N with tert-alkyl or cyclic N) is 1. The van der Waals surface area contributed by atoms with Crippen molar-refractivity contribution in [3.8, 4) is 0 Å². The summed E-state index contributed by atoms with van der Waals surface area (Å²) in [5.74, 6) is 1.28. The van der Waals surface area contributed by atoms with Crippen molar-refractivity contribution in [1.82, 2.24) is 4.90 Å². The number of Topliss-reactive ketones (excluding diaryl/α,β-unsaturated/α-hetero) is 2. The fraction of sp³-hybridized carbons (Fsp3) is 0.882. The first-order valence-corrected chi connectivity index (χ1v) is 8.41. The Labute approximate surface area is 125 Å². The van der Waals surface area contributed by atoms with E-state index in [-0.39, 0.29) is 11.7 Å². The van der Waals surface area contributed by atoms with Crippen LogP contribution in [0, 0.1) is 22.7 Å². The van der Waals surface area contributed by atoms with Crippen LogP contribution in [-0.2, 0) is 9.59 Å². The third-order valence-electron chi connectivity index (χ3n) is 6.96. The van der Waals surface area contributed by atoms with Gasteiger partial charge in [0.25, 0.3) is 0 Å². The summed E-state index contributed by atoms with van der Waals surface area (Å²) in [5.41, 5.74) is -0.953. The highest BCUT2D eigenvalue weighted by atomic mass is 16.3. The summed E-state index contributed by atoms with van der Waals surface area (Å²) in [6.45, 7) is 1.53. The van der Waals surface area contributed by atoms with Crippen molar-refractivity contribution in [2.45, 2.75) is 51.0 Å². The molecule has 4 aliphatic carbocycles. The standard InChI is InChI=1S/C17H25NO3/c1-18-4-2-3-17-12-5-11(6-15(17)21)8-16(17,14(20)7-12)9-13(19)10-18/h11-13,19H,2-10H2,1H3. The molecule has 1 heterocycles. The summed E-state index contributed by atoms with van der Waals surface area (Å²) in [7, 11) is 2.02. The van der Waals surface area contributed by atoms with Gasteiger partial charge in [-0.2, -0.15) is 0 Å². The number of fused-ring (bicyclic) bond motifs is 1. The van der Waals surface area contributed by atoms with Crippen LogP contribution in [0.3, 0.4) is 0 Å². The van der Waals surface area contributed by atoms with Gasteiger partial charge in [-0.25, -0.2) is 0 Å². The maximum absolute atomic E-state index is 12.9. The zero-order chi connectivity index (χ0) is 14.8. The molecule has 0 aromatic heterocycles. The molecule has 0 amide bonds. The Hall–Kier alpha value is -0.740. The summed E-state index contributed by atoms with van der Waals surface area (Å²) in [4.78, 5) is 27.9. The van der Waals surface area contributed by atoms with Crippen LogP contribution in [0.4, 0.5) is 0 Å². The maximum atomic E-state index is 12.9. The first-order chi connectivity index (χ1) is 9.98. The van der Waals surface area contributed by atoms with Crippen molar-refractivity contribution in [2.24, 2.45) is 22.7 Å². The summed E-state index contributed by atoms with van der Waals surface area (Å²) in [6.07, 6.45) is 5.02. The number of rotatable bonds is 0. The van der Waals surface area contributed by atoms with Gasteiger partial charge in [0.2, 0.25) is 0 Å². The monoisotopic (exact) mass is 291 g/mol. The molecule has 1 aliphatic heterocycles. The highest BCUT2D eigenvalue weighted by molar-refractivity contribution is 6.01. The molecule has 5 unspecified atom stereocenters. The van der Waals surface area contributed by atoms with Crippen LogP contribution >= 0.6 is 0 Å². The first kappa shape index (κ1) is 13.9. The van der Waals surface area contributed by atoms with Crippen molar-refractivity contribution < 1.29 is 14.7 Å². The van der Waals surface area contributed by atoms with Gasteiger partial charge in [-0.15, -0.1) is 0 Å². The van der Waals surface area contributed by atoms with Gasteiger partial charge in [0.15, 0.2) is 0 Å². The quantitative estimate of drug-likeness (QED) is 0.733. The van der Waals surface area contributed by atoms with Crippen LogP contribution in [0.25, 0.3) is 0 Å². The molecule has 0 aromatic rings. The van der Waals surface area contributed by atoms with Crippen molar-refractivity contribution in [1.29, 1.82) is 0 Å². The Bertz CT molecular complexity index is 504. The molecule has 1 spiro atoms. The minimum Gasteiger partial charge on any atom is -0.392 e. The van der Waals surface area contributed by atoms with Crippen molar-refractivity contribution >= 4 is 11.6 Å². The van der Waals surface area contributed by atoms with E-state index in [1.54, 1.807) is 0 Å². The second kappa shape index (κ2) is 4.39. The minimum atomic E-state index is -0.527. The Morgan fingerprint density at radius 1 is 1.19 bits per heavy atom. The summed E-state index contributed by atoms with van der Waals surface area (Å²) in [5, 5.41) is 10.5. The van der Waals surface area contributed by atoms with Gasteiger partial charge in [-0.05, 0) is 57.5 Å². The third kappa shape index (κ3) is 1.63. The number of carbonyl (C=O) groups is 2. The fourth-order valence-corrected chi connectivity index (χ4v) is 6.39. The van der Waals surface area contributed by atoms with Crippen LogP contribution in [0.15, 0.2) is 0 Å². The van der Waals surface area contributed by atoms with Gasteiger partial charge in [-0.3, -0.25) is 9.59 Å². The minimum absolute atomic E-state index is 0.264. The average molecular weight is 291 g/mol. The predicted molar refractivity (Wildman–Crippen MR) is 77.7 cm³/mol. The molecule has 21 heavy (non-hydrogen) atoms. The lowest BCUT2D eigenvalue weighted by molar-refractivity contribution is -0.167. The number of nitrogens with zero attached hydrogens (tertiary/aromatic N) is 1. The van der Waals surface area contributed by atoms with Gasteiger partial charge in [0.1, 0.15) is 11.6 Å². The normalized spacial score (nSPS) is 50.5. The average Bonchev–Trinajstić information content (AvgIpc) is 2.55. The fourth-order valence-electron chi connectivity index (χ4n) is 6.39. The van der Waals surface area contributed by atoms with Gasteiger partial charge in [0.05, 0.1) is 6.10 Å². The predicted octanol–water partition coefficient (Wildman–Crippen LogP) is 1.41. The smallest absolute Gasteiger partial charge is 0.140 e. The molecule has 5 aliphatic rings. The first-order valence-electron chi connectivity index (χ1n) is 8.41. The third-order valence-corrected chi connectivity index (χ3v) is 6.96. The van der Waals surface area contributed by atoms with E-state index in [1.807, 2.05) is 7.05 Å². The molecular weight excluding hydrogens is 266 g/mol. The van der Waals surface area contributed by atoms with E-state index < -0.39 is 16.9 Å². The lowest BCUT2D eigenvalue weighted by atomic mass is 9.44. The SMILES string of the molecule is CN1CCCC23C(=O)CC4CC2CC(=O)C3(CC(O)C1)C4. The zero-order valence-electron chi connectivity index (χ0n) is 12.8. The molecule has 4 saturated carbocycles. The number of aliphatic hydroxyl groups is 1. The summed E-state index contributed by atoms with van der Waals surface area (Å²) < 4.78 is 0. The van der Waals surface area contributed by atoms with E-state index >= 15 is 0 Å².